The largest absolute Gasteiger partial charge is 0.324 e. The van der Waals surface area contributed by atoms with E-state index in [1.807, 2.05) is 16.8 Å². The maximum absolute atomic E-state index is 12.4. The van der Waals surface area contributed by atoms with Gasteiger partial charge in [-0.25, -0.2) is 9.67 Å². The average Bonchev–Trinajstić information content (AvgIpc) is 3.12. The molecule has 0 spiro atoms. The fourth-order valence-electron chi connectivity index (χ4n) is 3.00. The van der Waals surface area contributed by atoms with Gasteiger partial charge in [0, 0.05) is 36.4 Å². The van der Waals surface area contributed by atoms with Gasteiger partial charge in [-0.1, -0.05) is 17.7 Å². The number of allylic oxidation sites excluding steroid dienone is 4. The van der Waals surface area contributed by atoms with E-state index in [2.05, 4.69) is 34.5 Å². The predicted molar refractivity (Wildman–Crippen MR) is 103 cm³/mol. The summed E-state index contributed by atoms with van der Waals surface area (Å²) < 4.78 is 3.05. The number of nitrogens with one attached hydrogen (secondary N) is 1. The van der Waals surface area contributed by atoms with Crippen LogP contribution in [0.2, 0.25) is 0 Å². The number of fused-ring (bicyclic) bond motifs is 1. The summed E-state index contributed by atoms with van der Waals surface area (Å²) in [5.74, 6) is -0.314. The van der Waals surface area contributed by atoms with Crippen LogP contribution in [0, 0.1) is 0 Å². The quantitative estimate of drug-likeness (QED) is 0.725. The molecule has 27 heavy (non-hydrogen) atoms. The van der Waals surface area contributed by atoms with Crippen molar-refractivity contribution < 1.29 is 4.79 Å². The summed E-state index contributed by atoms with van der Waals surface area (Å²) in [7, 11) is 0. The number of amides is 1. The Morgan fingerprint density at radius 3 is 2.89 bits per heavy atom. The number of nitrogens with zero attached hydrogens (tertiary/aromatic N) is 4. The van der Waals surface area contributed by atoms with Crippen LogP contribution in [0.4, 0.5) is 5.69 Å². The second-order valence-electron chi connectivity index (χ2n) is 6.56. The van der Waals surface area contributed by atoms with Gasteiger partial charge < -0.3 is 9.72 Å². The summed E-state index contributed by atoms with van der Waals surface area (Å²) in [6, 6.07) is 6.72. The molecule has 0 unspecified atom stereocenters. The zero-order valence-electron chi connectivity index (χ0n) is 14.9. The lowest BCUT2D eigenvalue weighted by atomic mass is 9.98. The number of pyridine rings is 1. The van der Waals surface area contributed by atoms with Crippen LogP contribution in [0.15, 0.2) is 65.4 Å². The number of hydrogen-bond acceptors (Lipinski definition) is 4. The van der Waals surface area contributed by atoms with E-state index in [0.717, 1.165) is 29.8 Å². The van der Waals surface area contributed by atoms with Crippen LogP contribution in [0.25, 0.3) is 11.2 Å². The molecule has 0 saturated heterocycles. The second kappa shape index (κ2) is 7.03. The molecule has 7 nitrogen and oxygen atoms in total. The van der Waals surface area contributed by atoms with Gasteiger partial charge in [-0.15, -0.1) is 0 Å². The van der Waals surface area contributed by atoms with Crippen LogP contribution in [-0.4, -0.2) is 25.1 Å². The molecule has 0 radical (unpaired) electrons. The molecule has 3 aromatic heterocycles. The van der Waals surface area contributed by atoms with Crippen molar-refractivity contribution in [3.05, 3.63) is 76.6 Å². The minimum Gasteiger partial charge on any atom is -0.324 e. The zero-order valence-corrected chi connectivity index (χ0v) is 14.9. The van der Waals surface area contributed by atoms with Crippen molar-refractivity contribution in [2.45, 2.75) is 26.3 Å². The van der Waals surface area contributed by atoms with Gasteiger partial charge in [-0.05, 0) is 37.5 Å². The monoisotopic (exact) mass is 361 g/mol. The SMILES string of the molecule is CC1=CCC(c2ccc(=O)n(CC(=O)Nc3ccn4ccnc4c3)n2)=CC1. The predicted octanol–water partition coefficient (Wildman–Crippen LogP) is 2.65. The van der Waals surface area contributed by atoms with Gasteiger partial charge >= 0.3 is 0 Å². The summed E-state index contributed by atoms with van der Waals surface area (Å²) in [6.07, 6.45) is 11.3. The van der Waals surface area contributed by atoms with Crippen molar-refractivity contribution in [1.29, 1.82) is 0 Å². The van der Waals surface area contributed by atoms with Crippen LogP contribution in [0.5, 0.6) is 0 Å². The van der Waals surface area contributed by atoms with Gasteiger partial charge in [0.2, 0.25) is 5.91 Å². The first-order valence-electron chi connectivity index (χ1n) is 8.74. The van der Waals surface area contributed by atoms with Crippen molar-refractivity contribution in [2.75, 3.05) is 5.32 Å². The van der Waals surface area contributed by atoms with Gasteiger partial charge in [0.15, 0.2) is 0 Å². The molecule has 0 aromatic carbocycles. The van der Waals surface area contributed by atoms with Crippen LogP contribution in [0.3, 0.4) is 0 Å². The summed E-state index contributed by atoms with van der Waals surface area (Å²) in [5.41, 5.74) is 4.17. The summed E-state index contributed by atoms with van der Waals surface area (Å²) in [6.45, 7) is 1.95. The Morgan fingerprint density at radius 2 is 2.07 bits per heavy atom. The van der Waals surface area contributed by atoms with Gasteiger partial charge in [0.1, 0.15) is 12.2 Å². The summed E-state index contributed by atoms with van der Waals surface area (Å²) >= 11 is 0. The normalized spacial score (nSPS) is 14.0. The van der Waals surface area contributed by atoms with E-state index in [-0.39, 0.29) is 18.0 Å². The Hall–Kier alpha value is -3.48. The Morgan fingerprint density at radius 1 is 1.19 bits per heavy atom. The fraction of sp³-hybridized carbons (Fsp3) is 0.200. The maximum atomic E-state index is 12.4. The van der Waals surface area contributed by atoms with Gasteiger partial charge in [-0.3, -0.25) is 9.59 Å². The van der Waals surface area contributed by atoms with Crippen molar-refractivity contribution in [3.63, 3.8) is 0 Å². The van der Waals surface area contributed by atoms with E-state index >= 15 is 0 Å². The smallest absolute Gasteiger partial charge is 0.267 e. The van der Waals surface area contributed by atoms with Crippen molar-refractivity contribution >= 4 is 22.8 Å². The number of imidazole rings is 1. The Kier molecular flexibility index (Phi) is 4.42. The molecule has 7 heteroatoms. The van der Waals surface area contributed by atoms with E-state index in [4.69, 9.17) is 0 Å². The van der Waals surface area contributed by atoms with Gasteiger partial charge in [-0.2, -0.15) is 5.10 Å². The number of rotatable bonds is 4. The maximum Gasteiger partial charge on any atom is 0.267 e. The standard InChI is InChI=1S/C20H19N5O2/c1-14-2-4-15(5-3-14)17-6-7-20(27)25(23-17)13-19(26)22-16-8-10-24-11-9-21-18(24)12-16/h2,5-12H,3-4,13H2,1H3,(H,22,26). The van der Waals surface area contributed by atoms with Crippen LogP contribution in [0.1, 0.15) is 25.5 Å². The van der Waals surface area contributed by atoms with E-state index in [9.17, 15) is 9.59 Å². The molecule has 0 fully saturated rings. The number of carbonyl (C=O) groups excluding carboxylic acids is 1. The van der Waals surface area contributed by atoms with Crippen LogP contribution < -0.4 is 10.9 Å². The first-order valence-corrected chi connectivity index (χ1v) is 8.74. The summed E-state index contributed by atoms with van der Waals surface area (Å²) in [4.78, 5) is 28.7. The van der Waals surface area contributed by atoms with Crippen molar-refractivity contribution in [2.24, 2.45) is 0 Å². The first kappa shape index (κ1) is 17.0. The van der Waals surface area contributed by atoms with E-state index in [0.29, 0.717) is 5.69 Å². The molecule has 4 rings (SSSR count). The highest BCUT2D eigenvalue weighted by atomic mass is 16.2. The second-order valence-corrected chi connectivity index (χ2v) is 6.56. The highest BCUT2D eigenvalue weighted by Crippen LogP contribution is 2.23. The molecule has 0 atom stereocenters. The average molecular weight is 361 g/mol. The third-order valence-electron chi connectivity index (χ3n) is 4.51. The Balaban J connectivity index is 1.50. The number of anilines is 1. The molecule has 3 aromatic rings. The molecular formula is C20H19N5O2. The van der Waals surface area contributed by atoms with Gasteiger partial charge in [0.25, 0.3) is 5.56 Å². The molecule has 1 amide bonds. The van der Waals surface area contributed by atoms with Crippen molar-refractivity contribution in [3.8, 4) is 0 Å². The van der Waals surface area contributed by atoms with Crippen molar-refractivity contribution in [1.82, 2.24) is 19.2 Å². The van der Waals surface area contributed by atoms with E-state index in [1.54, 1.807) is 24.4 Å². The zero-order chi connectivity index (χ0) is 18.8. The Labute approximate surface area is 155 Å². The lowest BCUT2D eigenvalue weighted by Crippen LogP contribution is -2.29. The molecule has 1 aliphatic rings. The third-order valence-corrected chi connectivity index (χ3v) is 4.51. The summed E-state index contributed by atoms with van der Waals surface area (Å²) in [5, 5.41) is 7.16. The minimum atomic E-state index is -0.314. The van der Waals surface area contributed by atoms with Crippen LogP contribution in [-0.2, 0) is 11.3 Å². The molecule has 0 aliphatic heterocycles. The van der Waals surface area contributed by atoms with Crippen LogP contribution >= 0.6 is 0 Å². The van der Waals surface area contributed by atoms with Gasteiger partial charge in [0.05, 0.1) is 5.69 Å². The highest BCUT2D eigenvalue weighted by molar-refractivity contribution is 5.90. The highest BCUT2D eigenvalue weighted by Gasteiger charge is 2.11. The molecule has 1 N–H and O–H groups in total. The number of carbonyl (C=O) groups is 1. The Bertz CT molecular complexity index is 1140. The van der Waals surface area contributed by atoms with E-state index in [1.165, 1.54) is 16.3 Å². The molecule has 0 bridgehead atoms. The molecular weight excluding hydrogens is 342 g/mol. The molecule has 136 valence electrons. The fourth-order valence-corrected chi connectivity index (χ4v) is 3.00. The molecule has 3 heterocycles. The topological polar surface area (TPSA) is 81.3 Å². The lowest BCUT2D eigenvalue weighted by molar-refractivity contribution is -0.117. The lowest BCUT2D eigenvalue weighted by Gasteiger charge is -2.12. The number of aromatic nitrogens is 4. The third kappa shape index (κ3) is 3.72. The minimum absolute atomic E-state index is 0.144. The molecule has 1 aliphatic carbocycles. The van der Waals surface area contributed by atoms with E-state index < -0.39 is 0 Å². The number of hydrogen-bond donors (Lipinski definition) is 1. The first-order chi connectivity index (χ1) is 13.1. The molecule has 0 saturated carbocycles.